The molecule has 0 radical (unpaired) electrons. The Morgan fingerprint density at radius 1 is 1.19 bits per heavy atom. The highest BCUT2D eigenvalue weighted by molar-refractivity contribution is 7.91. The maximum atomic E-state index is 12.6. The van der Waals surface area contributed by atoms with Crippen LogP contribution in [0.3, 0.4) is 0 Å². The number of hydrogen-bond acceptors (Lipinski definition) is 9. The third-order valence-corrected chi connectivity index (χ3v) is 6.60. The molecular formula is C20H22N2O8S. The number of hydrazone groups is 1. The van der Waals surface area contributed by atoms with Crippen molar-refractivity contribution in [3.8, 4) is 11.5 Å². The van der Waals surface area contributed by atoms with Crippen molar-refractivity contribution in [2.24, 2.45) is 5.10 Å². The Hall–Kier alpha value is -3.21. The number of carbonyl (C=O) groups is 3. The Morgan fingerprint density at radius 2 is 1.97 bits per heavy atom. The van der Waals surface area contributed by atoms with Crippen molar-refractivity contribution < 1.29 is 37.0 Å². The van der Waals surface area contributed by atoms with E-state index in [0.29, 0.717) is 5.56 Å². The van der Waals surface area contributed by atoms with Crippen LogP contribution in [0, 0.1) is 0 Å². The zero-order valence-corrected chi connectivity index (χ0v) is 17.9. The third kappa shape index (κ3) is 5.48. The molecule has 1 aromatic rings. The van der Waals surface area contributed by atoms with Crippen molar-refractivity contribution in [1.29, 1.82) is 0 Å². The molecule has 166 valence electrons. The van der Waals surface area contributed by atoms with E-state index in [-0.39, 0.29) is 53.9 Å². The summed E-state index contributed by atoms with van der Waals surface area (Å²) >= 11 is 0. The number of amides is 1. The lowest BCUT2D eigenvalue weighted by atomic mass is 10.1. The molecule has 1 saturated heterocycles. The normalized spacial score (nSPS) is 20.5. The van der Waals surface area contributed by atoms with Gasteiger partial charge in [0.15, 0.2) is 21.3 Å². The highest BCUT2D eigenvalue weighted by atomic mass is 32.2. The number of sulfone groups is 1. The van der Waals surface area contributed by atoms with E-state index in [1.807, 2.05) is 0 Å². The minimum atomic E-state index is -3.21. The van der Waals surface area contributed by atoms with Crippen LogP contribution in [0.15, 0.2) is 29.4 Å². The van der Waals surface area contributed by atoms with Crippen molar-refractivity contribution in [2.45, 2.75) is 25.3 Å². The largest absolute Gasteiger partial charge is 0.493 e. The standard InChI is InChI=1S/C20H22N2O8S/c1-28-17-11-13(4-8-19(24)29-2)3-6-16(17)30-20(25)15-5-7-18(23)22(21-15)14-9-10-31(26,27)12-14/h3-4,6,8,11,14H,5,7,9-10,12H2,1-2H3/b8-4+. The van der Waals surface area contributed by atoms with Gasteiger partial charge < -0.3 is 14.2 Å². The van der Waals surface area contributed by atoms with Crippen LogP contribution >= 0.6 is 0 Å². The predicted molar refractivity (Wildman–Crippen MR) is 110 cm³/mol. The first kappa shape index (κ1) is 22.5. The van der Waals surface area contributed by atoms with Gasteiger partial charge in [-0.25, -0.2) is 23.0 Å². The molecule has 31 heavy (non-hydrogen) atoms. The fraction of sp³-hybridized carbons (Fsp3) is 0.400. The average Bonchev–Trinajstić information content (AvgIpc) is 3.12. The van der Waals surface area contributed by atoms with Crippen molar-refractivity contribution >= 4 is 39.5 Å². The smallest absolute Gasteiger partial charge is 0.360 e. The second-order valence-electron chi connectivity index (χ2n) is 7.00. The number of esters is 2. The van der Waals surface area contributed by atoms with Crippen molar-refractivity contribution in [2.75, 3.05) is 25.7 Å². The molecule has 1 amide bonds. The lowest BCUT2D eigenvalue weighted by molar-refractivity contribution is -0.135. The van der Waals surface area contributed by atoms with Gasteiger partial charge in [0.05, 0.1) is 31.8 Å². The number of rotatable bonds is 6. The molecule has 0 N–H and O–H groups in total. The first-order chi connectivity index (χ1) is 14.7. The van der Waals surface area contributed by atoms with E-state index in [1.54, 1.807) is 12.1 Å². The van der Waals surface area contributed by atoms with Crippen LogP contribution in [0.2, 0.25) is 0 Å². The van der Waals surface area contributed by atoms with Gasteiger partial charge in [0.2, 0.25) is 5.91 Å². The first-order valence-electron chi connectivity index (χ1n) is 9.48. The van der Waals surface area contributed by atoms with Gasteiger partial charge in [0.1, 0.15) is 5.71 Å². The maximum absolute atomic E-state index is 12.6. The summed E-state index contributed by atoms with van der Waals surface area (Å²) in [5.41, 5.74) is 0.650. The Bertz CT molecular complexity index is 1060. The fourth-order valence-corrected chi connectivity index (χ4v) is 4.93. The SMILES string of the molecule is COC(=O)/C=C/c1ccc(OC(=O)C2=NN(C3CCS(=O)(=O)C3)C(=O)CC2)c(OC)c1. The zero-order chi connectivity index (χ0) is 22.6. The van der Waals surface area contributed by atoms with Gasteiger partial charge in [-0.15, -0.1) is 0 Å². The monoisotopic (exact) mass is 450 g/mol. The highest BCUT2D eigenvalue weighted by Gasteiger charge is 2.37. The molecular weight excluding hydrogens is 428 g/mol. The number of nitrogens with zero attached hydrogens (tertiary/aromatic N) is 2. The van der Waals surface area contributed by atoms with Crippen LogP contribution in [0.1, 0.15) is 24.8 Å². The lowest BCUT2D eigenvalue weighted by Crippen LogP contribution is -2.42. The number of hydrogen-bond donors (Lipinski definition) is 0. The second-order valence-corrected chi connectivity index (χ2v) is 9.23. The number of carbonyl (C=O) groups excluding carboxylic acids is 3. The van der Waals surface area contributed by atoms with E-state index < -0.39 is 27.8 Å². The molecule has 0 aliphatic carbocycles. The summed E-state index contributed by atoms with van der Waals surface area (Å²) in [6.45, 7) is 0. The number of benzene rings is 1. The molecule has 11 heteroatoms. The topological polar surface area (TPSA) is 129 Å². The average molecular weight is 450 g/mol. The summed E-state index contributed by atoms with van der Waals surface area (Å²) in [5, 5.41) is 5.20. The summed E-state index contributed by atoms with van der Waals surface area (Å²) in [6, 6.07) is 4.12. The van der Waals surface area contributed by atoms with Crippen LogP contribution in [0.4, 0.5) is 0 Å². The van der Waals surface area contributed by atoms with Crippen molar-refractivity contribution in [3.63, 3.8) is 0 Å². The van der Waals surface area contributed by atoms with Crippen LogP contribution in [0.5, 0.6) is 11.5 Å². The maximum Gasteiger partial charge on any atom is 0.360 e. The zero-order valence-electron chi connectivity index (χ0n) is 17.1. The molecule has 3 rings (SSSR count). The highest BCUT2D eigenvalue weighted by Crippen LogP contribution is 2.29. The summed E-state index contributed by atoms with van der Waals surface area (Å²) in [7, 11) is -0.540. The van der Waals surface area contributed by atoms with E-state index in [0.717, 1.165) is 5.01 Å². The third-order valence-electron chi connectivity index (χ3n) is 4.85. The molecule has 0 saturated carbocycles. The van der Waals surface area contributed by atoms with Crippen LogP contribution in [-0.4, -0.2) is 68.8 Å². The van der Waals surface area contributed by atoms with E-state index in [9.17, 15) is 22.8 Å². The number of ether oxygens (including phenoxy) is 3. The van der Waals surface area contributed by atoms with Crippen LogP contribution in [-0.2, 0) is 29.0 Å². The van der Waals surface area contributed by atoms with E-state index >= 15 is 0 Å². The second kappa shape index (κ2) is 9.29. The molecule has 0 spiro atoms. The van der Waals surface area contributed by atoms with Crippen molar-refractivity contribution in [3.05, 3.63) is 29.8 Å². The molecule has 2 aliphatic rings. The summed E-state index contributed by atoms with van der Waals surface area (Å²) < 4.78 is 38.6. The molecule has 1 atom stereocenters. The van der Waals surface area contributed by atoms with E-state index in [1.165, 1.54) is 32.4 Å². The van der Waals surface area contributed by atoms with Crippen LogP contribution in [0.25, 0.3) is 6.08 Å². The summed E-state index contributed by atoms with van der Waals surface area (Å²) in [4.78, 5) is 36.1. The molecule has 2 heterocycles. The summed E-state index contributed by atoms with van der Waals surface area (Å²) in [5.74, 6) is -1.38. The quantitative estimate of drug-likeness (QED) is 0.356. The van der Waals surface area contributed by atoms with Gasteiger partial charge in [-0.3, -0.25) is 4.79 Å². The molecule has 0 aromatic heterocycles. The van der Waals surface area contributed by atoms with Gasteiger partial charge in [-0.05, 0) is 30.2 Å². The van der Waals surface area contributed by atoms with Gasteiger partial charge in [0.25, 0.3) is 0 Å². The fourth-order valence-electron chi connectivity index (χ4n) is 3.24. The van der Waals surface area contributed by atoms with Gasteiger partial charge in [-0.1, -0.05) is 6.07 Å². The molecule has 1 fully saturated rings. The predicted octanol–water partition coefficient (Wildman–Crippen LogP) is 0.952. The van der Waals surface area contributed by atoms with E-state index in [2.05, 4.69) is 9.84 Å². The Labute approximate surface area is 179 Å². The molecule has 0 bridgehead atoms. The van der Waals surface area contributed by atoms with Crippen LogP contribution < -0.4 is 9.47 Å². The Balaban J connectivity index is 1.75. The van der Waals surface area contributed by atoms with E-state index in [4.69, 9.17) is 9.47 Å². The minimum Gasteiger partial charge on any atom is -0.493 e. The Kier molecular flexibility index (Phi) is 6.74. The lowest BCUT2D eigenvalue weighted by Gasteiger charge is -2.27. The van der Waals surface area contributed by atoms with Gasteiger partial charge in [-0.2, -0.15) is 5.10 Å². The molecule has 2 aliphatic heterocycles. The number of methoxy groups -OCH3 is 2. The van der Waals surface area contributed by atoms with Crippen molar-refractivity contribution in [1.82, 2.24) is 5.01 Å². The minimum absolute atomic E-state index is 0.00921. The Morgan fingerprint density at radius 3 is 2.61 bits per heavy atom. The van der Waals surface area contributed by atoms with Gasteiger partial charge in [0, 0.05) is 18.9 Å². The molecule has 1 unspecified atom stereocenters. The molecule has 10 nitrogen and oxygen atoms in total. The first-order valence-corrected chi connectivity index (χ1v) is 11.3. The summed E-state index contributed by atoms with van der Waals surface area (Å²) in [6.07, 6.45) is 3.18. The van der Waals surface area contributed by atoms with Gasteiger partial charge >= 0.3 is 11.9 Å². The molecule has 1 aromatic carbocycles.